The van der Waals surface area contributed by atoms with Crippen LogP contribution in [0.2, 0.25) is 0 Å². The molecule has 0 unspecified atom stereocenters. The number of sulfone groups is 1. The van der Waals surface area contributed by atoms with Crippen molar-refractivity contribution in [3.63, 3.8) is 0 Å². The van der Waals surface area contributed by atoms with Crippen LogP contribution in [0, 0.1) is 0 Å². The number of anilines is 1. The zero-order chi connectivity index (χ0) is 19.7. The summed E-state index contributed by atoms with van der Waals surface area (Å²) in [6.07, 6.45) is 1.38. The van der Waals surface area contributed by atoms with Gasteiger partial charge in [-0.3, -0.25) is 4.31 Å². The highest BCUT2D eigenvalue weighted by Crippen LogP contribution is 2.35. The first kappa shape index (κ1) is 19.2. The van der Waals surface area contributed by atoms with Gasteiger partial charge in [-0.05, 0) is 30.3 Å². The minimum Gasteiger partial charge on any atom is -0.497 e. The molecule has 9 heteroatoms. The lowest BCUT2D eigenvalue weighted by Crippen LogP contribution is -2.41. The van der Waals surface area contributed by atoms with Crippen LogP contribution in [0.3, 0.4) is 0 Å². The fourth-order valence-corrected chi connectivity index (χ4v) is 5.99. The molecule has 1 atom stereocenters. The van der Waals surface area contributed by atoms with Gasteiger partial charge in [0.15, 0.2) is 9.84 Å². The number of nitrogens with zero attached hydrogens (tertiary/aromatic N) is 1. The molecule has 2 aromatic rings. The second kappa shape index (κ2) is 7.24. The van der Waals surface area contributed by atoms with Gasteiger partial charge in [0, 0.05) is 11.5 Å². The molecule has 2 aromatic carbocycles. The van der Waals surface area contributed by atoms with Crippen molar-refractivity contribution in [3.05, 3.63) is 60.0 Å². The van der Waals surface area contributed by atoms with Crippen LogP contribution in [0.4, 0.5) is 5.69 Å². The van der Waals surface area contributed by atoms with Crippen molar-refractivity contribution < 1.29 is 26.3 Å². The molecule has 0 saturated carbocycles. The monoisotopic (exact) mass is 409 g/mol. The first-order valence-corrected chi connectivity index (χ1v) is 11.2. The largest absolute Gasteiger partial charge is 0.497 e. The van der Waals surface area contributed by atoms with Crippen molar-refractivity contribution in [1.29, 1.82) is 0 Å². The Morgan fingerprint density at radius 3 is 2.30 bits per heavy atom. The van der Waals surface area contributed by atoms with Crippen LogP contribution in [-0.4, -0.2) is 42.8 Å². The van der Waals surface area contributed by atoms with Gasteiger partial charge in [0.2, 0.25) is 0 Å². The molecule has 0 aromatic heterocycles. The van der Waals surface area contributed by atoms with Crippen molar-refractivity contribution in [2.75, 3.05) is 24.3 Å². The molecule has 0 N–H and O–H groups in total. The molecule has 144 valence electrons. The maximum absolute atomic E-state index is 13.5. The summed E-state index contributed by atoms with van der Waals surface area (Å²) in [6.45, 7) is 0. The lowest BCUT2D eigenvalue weighted by atomic mass is 10.2. The van der Waals surface area contributed by atoms with E-state index in [2.05, 4.69) is 0 Å². The molecule has 27 heavy (non-hydrogen) atoms. The molecule has 0 aliphatic carbocycles. The van der Waals surface area contributed by atoms with Crippen molar-refractivity contribution in [2.24, 2.45) is 0 Å². The Balaban J connectivity index is 2.16. The van der Waals surface area contributed by atoms with E-state index in [1.165, 1.54) is 38.5 Å². The molecule has 0 amide bonds. The number of rotatable bonds is 6. The van der Waals surface area contributed by atoms with Crippen LogP contribution in [0.25, 0.3) is 0 Å². The van der Waals surface area contributed by atoms with Crippen molar-refractivity contribution in [3.8, 4) is 11.5 Å². The summed E-state index contributed by atoms with van der Waals surface area (Å²) in [5.41, 5.74) is 0.363. The lowest BCUT2D eigenvalue weighted by molar-refractivity contribution is 0.386. The number of hydrogen-bond acceptors (Lipinski definition) is 6. The number of benzene rings is 2. The molecular formula is C18H19NO6S2. The summed E-state index contributed by atoms with van der Waals surface area (Å²) in [5.74, 6) is 0.236. The van der Waals surface area contributed by atoms with E-state index in [0.29, 0.717) is 11.4 Å². The third-order valence-corrected chi connectivity index (χ3v) is 7.40. The molecule has 1 heterocycles. The predicted octanol–water partition coefficient (Wildman–Crippen LogP) is 2.21. The molecule has 0 spiro atoms. The molecular weight excluding hydrogens is 390 g/mol. The topological polar surface area (TPSA) is 90.0 Å². The summed E-state index contributed by atoms with van der Waals surface area (Å²) in [5, 5.41) is 1.05. The van der Waals surface area contributed by atoms with E-state index in [9.17, 15) is 16.8 Å². The first-order valence-electron chi connectivity index (χ1n) is 8.01. The third kappa shape index (κ3) is 3.79. The van der Waals surface area contributed by atoms with Crippen molar-refractivity contribution in [2.45, 2.75) is 10.9 Å². The third-order valence-electron chi connectivity index (χ3n) is 4.13. The fourth-order valence-electron chi connectivity index (χ4n) is 2.88. The second-order valence-corrected chi connectivity index (χ2v) is 9.59. The van der Waals surface area contributed by atoms with Crippen LogP contribution >= 0.6 is 0 Å². The molecule has 3 rings (SSSR count). The van der Waals surface area contributed by atoms with Gasteiger partial charge in [-0.2, -0.15) is 0 Å². The minimum absolute atomic E-state index is 0.0765. The highest BCUT2D eigenvalue weighted by atomic mass is 32.2. The molecule has 0 bridgehead atoms. The summed E-state index contributed by atoms with van der Waals surface area (Å²) in [6, 6.07) is 11.9. The highest BCUT2D eigenvalue weighted by Gasteiger charge is 2.37. The van der Waals surface area contributed by atoms with Crippen LogP contribution in [0.1, 0.15) is 0 Å². The maximum atomic E-state index is 13.5. The standard InChI is InChI=1S/C18H19NO6S2/c1-24-16-8-9-18(17(12-16)25-2)27(22,23)19(14-6-4-3-5-7-14)15-10-11-26(20,21)13-15/h3-12,15H,13H2,1-2H3/t15-/m0/s1. The van der Waals surface area contributed by atoms with Crippen molar-refractivity contribution in [1.82, 2.24) is 0 Å². The Bertz CT molecular complexity index is 1060. The lowest BCUT2D eigenvalue weighted by Gasteiger charge is -2.29. The Morgan fingerprint density at radius 2 is 1.74 bits per heavy atom. The summed E-state index contributed by atoms with van der Waals surface area (Å²) >= 11 is 0. The molecule has 0 radical (unpaired) electrons. The van der Waals surface area contributed by atoms with Crippen LogP contribution in [-0.2, 0) is 19.9 Å². The fraction of sp³-hybridized carbons (Fsp3) is 0.222. The average Bonchev–Trinajstić information content (AvgIpc) is 3.01. The van der Waals surface area contributed by atoms with E-state index in [1.54, 1.807) is 30.3 Å². The van der Waals surface area contributed by atoms with Gasteiger partial charge in [-0.1, -0.05) is 18.2 Å². The first-order chi connectivity index (χ1) is 12.8. The zero-order valence-electron chi connectivity index (χ0n) is 14.8. The van der Waals surface area contributed by atoms with Gasteiger partial charge in [0.25, 0.3) is 10.0 Å². The minimum atomic E-state index is -4.12. The summed E-state index contributed by atoms with van der Waals surface area (Å²) in [7, 11) is -4.75. The molecule has 1 aliphatic rings. The van der Waals surface area contributed by atoms with Gasteiger partial charge in [0.05, 0.1) is 31.7 Å². The van der Waals surface area contributed by atoms with Crippen LogP contribution in [0.5, 0.6) is 11.5 Å². The van der Waals surface area contributed by atoms with Gasteiger partial charge >= 0.3 is 0 Å². The van der Waals surface area contributed by atoms with E-state index >= 15 is 0 Å². The van der Waals surface area contributed by atoms with Gasteiger partial charge in [0.1, 0.15) is 16.4 Å². The smallest absolute Gasteiger partial charge is 0.268 e. The van der Waals surface area contributed by atoms with Crippen LogP contribution < -0.4 is 13.8 Å². The number of hydrogen-bond donors (Lipinski definition) is 0. The normalized spacial score (nSPS) is 18.2. The predicted molar refractivity (Wildman–Crippen MR) is 102 cm³/mol. The number of ether oxygens (including phenoxy) is 2. The zero-order valence-corrected chi connectivity index (χ0v) is 16.4. The molecule has 7 nitrogen and oxygen atoms in total. The Labute approximate surface area is 158 Å². The Morgan fingerprint density at radius 1 is 1.04 bits per heavy atom. The quantitative estimate of drug-likeness (QED) is 0.727. The summed E-state index contributed by atoms with van der Waals surface area (Å²) in [4.78, 5) is -0.0765. The average molecular weight is 409 g/mol. The number of para-hydroxylation sites is 1. The Hall–Kier alpha value is -2.52. The van der Waals surface area contributed by atoms with E-state index in [0.717, 1.165) is 9.71 Å². The Kier molecular flexibility index (Phi) is 5.16. The van der Waals surface area contributed by atoms with E-state index < -0.39 is 25.9 Å². The van der Waals surface area contributed by atoms with Gasteiger partial charge < -0.3 is 9.47 Å². The van der Waals surface area contributed by atoms with Crippen molar-refractivity contribution >= 4 is 25.5 Å². The molecule has 1 aliphatic heterocycles. The van der Waals surface area contributed by atoms with Gasteiger partial charge in [-0.15, -0.1) is 0 Å². The van der Waals surface area contributed by atoms with E-state index in [4.69, 9.17) is 9.47 Å². The van der Waals surface area contributed by atoms with Gasteiger partial charge in [-0.25, -0.2) is 16.8 Å². The second-order valence-electron chi connectivity index (χ2n) is 5.88. The highest BCUT2D eigenvalue weighted by molar-refractivity contribution is 7.95. The molecule has 0 fully saturated rings. The SMILES string of the molecule is COc1ccc(S(=O)(=O)N(c2ccccc2)[C@H]2C=CS(=O)(=O)C2)c(OC)c1. The maximum Gasteiger partial charge on any atom is 0.268 e. The van der Waals surface area contributed by atoms with Crippen LogP contribution in [0.15, 0.2) is 64.9 Å². The molecule has 0 saturated heterocycles. The van der Waals surface area contributed by atoms with E-state index in [-0.39, 0.29) is 16.4 Å². The number of sulfonamides is 1. The number of methoxy groups -OCH3 is 2. The summed E-state index contributed by atoms with van der Waals surface area (Å²) < 4.78 is 62.2. The van der Waals surface area contributed by atoms with E-state index in [1.807, 2.05) is 0 Å².